The minimum atomic E-state index is -4.51. The molecule has 0 aliphatic rings. The highest BCUT2D eigenvalue weighted by atomic mass is 32.2. The quantitative estimate of drug-likeness (QED) is 0.386. The fourth-order valence-electron chi connectivity index (χ4n) is 2.57. The molecule has 0 unspecified atom stereocenters. The Balaban J connectivity index is 2.20. The van der Waals surface area contributed by atoms with Gasteiger partial charge in [0, 0.05) is 12.3 Å². The highest BCUT2D eigenvalue weighted by molar-refractivity contribution is 7.92. The van der Waals surface area contributed by atoms with Crippen LogP contribution in [0.15, 0.2) is 42.6 Å². The number of amides is 1. The lowest BCUT2D eigenvalue weighted by Crippen LogP contribution is -2.51. The number of likely N-dealkylation sites (N-methyl/N-ethyl adjacent to an activating group) is 1. The number of carbonyl (C=O) groups excluding carboxylic acids is 1. The fraction of sp³-hybridized carbons (Fsp3) is 0.333. The van der Waals surface area contributed by atoms with Crippen LogP contribution in [-0.4, -0.2) is 49.9 Å². The molecule has 0 aliphatic heterocycles. The molecular weight excluding hydrogens is 441 g/mol. The Bertz CT molecular complexity index is 983. The van der Waals surface area contributed by atoms with Crippen molar-refractivity contribution in [1.82, 2.24) is 15.8 Å². The zero-order valence-electron chi connectivity index (χ0n) is 16.5. The zero-order valence-corrected chi connectivity index (χ0v) is 17.4. The third-order valence-corrected chi connectivity index (χ3v) is 5.20. The van der Waals surface area contributed by atoms with Crippen molar-refractivity contribution < 1.29 is 36.3 Å². The van der Waals surface area contributed by atoms with Crippen molar-refractivity contribution in [2.24, 2.45) is 0 Å². The van der Waals surface area contributed by atoms with Gasteiger partial charge in [-0.05, 0) is 36.9 Å². The summed E-state index contributed by atoms with van der Waals surface area (Å²) >= 11 is 0. The molecule has 1 aromatic heterocycles. The maximum Gasteiger partial charge on any atom is 0.417 e. The Morgan fingerprint density at radius 1 is 1.23 bits per heavy atom. The number of rotatable bonds is 9. The van der Waals surface area contributed by atoms with Crippen LogP contribution >= 0.6 is 0 Å². The van der Waals surface area contributed by atoms with Crippen LogP contribution in [0.2, 0.25) is 0 Å². The molecule has 170 valence electrons. The van der Waals surface area contributed by atoms with E-state index in [2.05, 4.69) is 10.3 Å². The van der Waals surface area contributed by atoms with Gasteiger partial charge in [0.15, 0.2) is 0 Å². The highest BCUT2D eigenvalue weighted by Crippen LogP contribution is 2.30. The van der Waals surface area contributed by atoms with Crippen molar-refractivity contribution in [2.45, 2.75) is 19.1 Å². The van der Waals surface area contributed by atoms with Gasteiger partial charge in [0.05, 0.1) is 24.1 Å². The van der Waals surface area contributed by atoms with Gasteiger partial charge in [0.1, 0.15) is 11.8 Å². The normalized spacial score (nSPS) is 12.8. The molecule has 0 saturated heterocycles. The second-order valence-corrected chi connectivity index (χ2v) is 8.27. The smallest absolute Gasteiger partial charge is 0.417 e. The van der Waals surface area contributed by atoms with E-state index in [0.717, 1.165) is 22.7 Å². The Morgan fingerprint density at radius 2 is 1.87 bits per heavy atom. The number of carbonyl (C=O) groups is 1. The molecule has 3 N–H and O–H groups in total. The lowest BCUT2D eigenvalue weighted by Gasteiger charge is -2.27. The summed E-state index contributed by atoms with van der Waals surface area (Å²) in [5.41, 5.74) is 0.784. The average molecular weight is 462 g/mol. The van der Waals surface area contributed by atoms with Gasteiger partial charge < -0.3 is 10.1 Å². The lowest BCUT2D eigenvalue weighted by atomic mass is 10.2. The Hall–Kier alpha value is -2.90. The number of halogens is 3. The topological polar surface area (TPSA) is 121 Å². The summed E-state index contributed by atoms with van der Waals surface area (Å²) in [6.45, 7) is 1.77. The minimum Gasteiger partial charge on any atom is -0.439 e. The van der Waals surface area contributed by atoms with Gasteiger partial charge in [0.25, 0.3) is 5.91 Å². The van der Waals surface area contributed by atoms with E-state index < -0.39 is 33.7 Å². The highest BCUT2D eigenvalue weighted by Gasteiger charge is 2.31. The molecule has 31 heavy (non-hydrogen) atoms. The summed E-state index contributed by atoms with van der Waals surface area (Å²) in [6.07, 6.45) is -2.91. The van der Waals surface area contributed by atoms with E-state index in [4.69, 9.17) is 9.94 Å². The minimum absolute atomic E-state index is 0.0763. The van der Waals surface area contributed by atoms with Gasteiger partial charge in [-0.3, -0.25) is 14.3 Å². The summed E-state index contributed by atoms with van der Waals surface area (Å²) in [6, 6.07) is 6.49. The molecule has 9 nitrogen and oxygen atoms in total. The van der Waals surface area contributed by atoms with Crippen molar-refractivity contribution in [1.29, 1.82) is 0 Å². The Morgan fingerprint density at radius 3 is 2.32 bits per heavy atom. The van der Waals surface area contributed by atoms with E-state index >= 15 is 0 Å². The summed E-state index contributed by atoms with van der Waals surface area (Å²) in [5, 5.41) is 11.6. The number of hydroxylamine groups is 1. The van der Waals surface area contributed by atoms with Crippen LogP contribution < -0.4 is 19.8 Å². The van der Waals surface area contributed by atoms with Crippen LogP contribution in [0.1, 0.15) is 12.5 Å². The second-order valence-electron chi connectivity index (χ2n) is 6.36. The third-order valence-electron chi connectivity index (χ3n) is 4.04. The van der Waals surface area contributed by atoms with E-state index in [0.29, 0.717) is 12.7 Å². The van der Waals surface area contributed by atoms with E-state index in [1.807, 2.05) is 0 Å². The van der Waals surface area contributed by atoms with E-state index in [1.54, 1.807) is 6.92 Å². The third kappa shape index (κ3) is 6.80. The van der Waals surface area contributed by atoms with Crippen molar-refractivity contribution in [2.75, 3.05) is 23.7 Å². The fourth-order valence-corrected chi connectivity index (χ4v) is 3.50. The van der Waals surface area contributed by atoms with Crippen molar-refractivity contribution >= 4 is 21.6 Å². The Kier molecular flexibility index (Phi) is 7.81. The largest absolute Gasteiger partial charge is 0.439 e. The number of nitrogens with one attached hydrogen (secondary N) is 2. The number of pyridine rings is 1. The molecular formula is C18H21F3N4O5S. The first-order chi connectivity index (χ1) is 14.5. The maximum atomic E-state index is 12.6. The van der Waals surface area contributed by atoms with Crippen LogP contribution in [0.5, 0.6) is 11.6 Å². The first-order valence-corrected chi connectivity index (χ1v) is 10.8. The van der Waals surface area contributed by atoms with Gasteiger partial charge >= 0.3 is 6.18 Å². The zero-order chi connectivity index (χ0) is 23.2. The molecule has 2 rings (SSSR count). The number of alkyl halides is 3. The number of anilines is 1. The van der Waals surface area contributed by atoms with E-state index in [9.17, 15) is 26.4 Å². The predicted molar refractivity (Wildman–Crippen MR) is 105 cm³/mol. The molecule has 1 atom stereocenters. The summed E-state index contributed by atoms with van der Waals surface area (Å²) in [7, 11) is -3.79. The monoisotopic (exact) mass is 462 g/mol. The van der Waals surface area contributed by atoms with Gasteiger partial charge in [0.2, 0.25) is 15.9 Å². The molecule has 0 spiro atoms. The molecule has 0 bridgehead atoms. The van der Waals surface area contributed by atoms with Crippen LogP contribution in [0.4, 0.5) is 18.9 Å². The SMILES string of the molecule is CCN[C@@H](CN(c1ccc(Oc2ccc(C(F)(F)F)cn2)cc1)S(C)(=O)=O)C(=O)NO. The maximum absolute atomic E-state index is 12.6. The molecule has 13 heteroatoms. The van der Waals surface area contributed by atoms with Gasteiger partial charge in [-0.2, -0.15) is 13.2 Å². The molecule has 2 aromatic rings. The first kappa shape index (κ1) is 24.4. The number of hydrogen-bond donors (Lipinski definition) is 3. The second kappa shape index (κ2) is 9.94. The molecule has 1 aromatic carbocycles. The van der Waals surface area contributed by atoms with E-state index in [-0.39, 0.29) is 23.9 Å². The number of sulfonamides is 1. The molecule has 0 radical (unpaired) electrons. The number of aromatic nitrogens is 1. The van der Waals surface area contributed by atoms with Crippen molar-refractivity contribution in [3.05, 3.63) is 48.2 Å². The number of benzene rings is 1. The molecule has 0 fully saturated rings. The average Bonchev–Trinajstić information content (AvgIpc) is 2.70. The van der Waals surface area contributed by atoms with Crippen LogP contribution in [0.25, 0.3) is 0 Å². The number of nitrogens with zero attached hydrogens (tertiary/aromatic N) is 2. The van der Waals surface area contributed by atoms with Gasteiger partial charge in [-0.1, -0.05) is 6.92 Å². The molecule has 1 amide bonds. The van der Waals surface area contributed by atoms with Crippen LogP contribution in [-0.2, 0) is 21.0 Å². The summed E-state index contributed by atoms with van der Waals surface area (Å²) in [5.74, 6) is -0.669. The summed E-state index contributed by atoms with van der Waals surface area (Å²) < 4.78 is 68.6. The van der Waals surface area contributed by atoms with Crippen molar-refractivity contribution in [3.8, 4) is 11.6 Å². The van der Waals surface area contributed by atoms with Crippen LogP contribution in [0, 0.1) is 0 Å². The van der Waals surface area contributed by atoms with Crippen molar-refractivity contribution in [3.63, 3.8) is 0 Å². The number of ether oxygens (including phenoxy) is 1. The Labute approximate surface area is 176 Å². The molecule has 0 saturated carbocycles. The first-order valence-electron chi connectivity index (χ1n) is 8.92. The van der Waals surface area contributed by atoms with Gasteiger partial charge in [-0.15, -0.1) is 0 Å². The number of hydrogen-bond acceptors (Lipinski definition) is 7. The van der Waals surface area contributed by atoms with Gasteiger partial charge in [-0.25, -0.2) is 18.9 Å². The predicted octanol–water partition coefficient (Wildman–Crippen LogP) is 2.14. The van der Waals surface area contributed by atoms with E-state index in [1.165, 1.54) is 29.7 Å². The molecule has 0 aliphatic carbocycles. The standard InChI is InChI=1S/C18H21F3N4O5S/c1-3-22-15(17(26)24-27)11-25(31(2,28)29)13-5-7-14(8-6-13)30-16-9-4-12(10-23-16)18(19,20)21/h4-10,15,22,27H,3,11H2,1-2H3,(H,24,26)/t15-/m0/s1. The lowest BCUT2D eigenvalue weighted by molar-refractivity contribution is -0.137. The molecule has 1 heterocycles. The summed E-state index contributed by atoms with van der Waals surface area (Å²) in [4.78, 5) is 15.4. The van der Waals surface area contributed by atoms with Crippen LogP contribution in [0.3, 0.4) is 0 Å².